The molecule has 1 aliphatic heterocycles. The first kappa shape index (κ1) is 13.9. The number of hydrogen-bond acceptors (Lipinski definition) is 4. The topological polar surface area (TPSA) is 52.6 Å². The SMILES string of the molecule is CCC(C)(C)C(=O)OC1(C)C2CC3C(=O)OC1(C)C3C2. The monoisotopic (exact) mass is 280 g/mol. The fourth-order valence-corrected chi connectivity index (χ4v) is 4.25. The van der Waals surface area contributed by atoms with Crippen LogP contribution in [-0.2, 0) is 19.1 Å². The molecule has 3 aliphatic rings. The van der Waals surface area contributed by atoms with Gasteiger partial charge in [-0.25, -0.2) is 0 Å². The molecule has 2 saturated carbocycles. The maximum Gasteiger partial charge on any atom is 0.312 e. The maximum absolute atomic E-state index is 12.5. The summed E-state index contributed by atoms with van der Waals surface area (Å²) in [4.78, 5) is 24.4. The third kappa shape index (κ3) is 1.43. The zero-order valence-electron chi connectivity index (χ0n) is 13.0. The summed E-state index contributed by atoms with van der Waals surface area (Å²) >= 11 is 0. The maximum atomic E-state index is 12.5. The number of carbonyl (C=O) groups excluding carboxylic acids is 2. The molecule has 0 aromatic rings. The van der Waals surface area contributed by atoms with Crippen molar-refractivity contribution in [1.29, 1.82) is 0 Å². The average molecular weight is 280 g/mol. The number of ether oxygens (including phenoxy) is 2. The summed E-state index contributed by atoms with van der Waals surface area (Å²) in [6.45, 7) is 9.68. The lowest BCUT2D eigenvalue weighted by Gasteiger charge is -2.44. The minimum Gasteiger partial charge on any atom is -0.455 e. The quantitative estimate of drug-likeness (QED) is 0.746. The third-order valence-electron chi connectivity index (χ3n) is 6.39. The first-order valence-corrected chi connectivity index (χ1v) is 7.62. The number of esters is 2. The molecule has 0 N–H and O–H groups in total. The summed E-state index contributed by atoms with van der Waals surface area (Å²) in [5, 5.41) is 0. The van der Waals surface area contributed by atoms with Crippen molar-refractivity contribution >= 4 is 11.9 Å². The van der Waals surface area contributed by atoms with Crippen molar-refractivity contribution in [3.63, 3.8) is 0 Å². The van der Waals surface area contributed by atoms with Crippen LogP contribution in [0.2, 0.25) is 0 Å². The second kappa shape index (κ2) is 3.77. The van der Waals surface area contributed by atoms with Gasteiger partial charge in [0.15, 0.2) is 11.2 Å². The molecule has 5 atom stereocenters. The van der Waals surface area contributed by atoms with Crippen LogP contribution >= 0.6 is 0 Å². The van der Waals surface area contributed by atoms with Crippen LogP contribution in [0.3, 0.4) is 0 Å². The normalized spacial score (nSPS) is 45.6. The van der Waals surface area contributed by atoms with Crippen molar-refractivity contribution in [2.75, 3.05) is 0 Å². The van der Waals surface area contributed by atoms with Crippen LogP contribution in [0, 0.1) is 23.2 Å². The van der Waals surface area contributed by atoms with Crippen molar-refractivity contribution in [3.8, 4) is 0 Å². The Morgan fingerprint density at radius 1 is 1.40 bits per heavy atom. The van der Waals surface area contributed by atoms with Gasteiger partial charge in [0.25, 0.3) is 0 Å². The lowest BCUT2D eigenvalue weighted by atomic mass is 9.71. The first-order valence-electron chi connectivity index (χ1n) is 7.62. The van der Waals surface area contributed by atoms with Gasteiger partial charge in [-0.05, 0) is 47.0 Å². The Kier molecular flexibility index (Phi) is 2.62. The fraction of sp³-hybridized carbons (Fsp3) is 0.875. The van der Waals surface area contributed by atoms with E-state index in [9.17, 15) is 9.59 Å². The molecule has 3 fully saturated rings. The Bertz CT molecular complexity index is 483. The largest absolute Gasteiger partial charge is 0.455 e. The number of fused-ring (bicyclic) bond motifs is 1. The molecule has 4 nitrogen and oxygen atoms in total. The van der Waals surface area contributed by atoms with E-state index < -0.39 is 16.6 Å². The van der Waals surface area contributed by atoms with E-state index in [1.165, 1.54) is 0 Å². The molecule has 1 saturated heterocycles. The highest BCUT2D eigenvalue weighted by Crippen LogP contribution is 2.66. The lowest BCUT2D eigenvalue weighted by Crippen LogP contribution is -2.57. The van der Waals surface area contributed by atoms with Crippen LogP contribution in [0.5, 0.6) is 0 Å². The van der Waals surface area contributed by atoms with Gasteiger partial charge in [0.1, 0.15) is 0 Å². The van der Waals surface area contributed by atoms with Gasteiger partial charge in [-0.15, -0.1) is 0 Å². The smallest absolute Gasteiger partial charge is 0.312 e. The van der Waals surface area contributed by atoms with Gasteiger partial charge in [-0.2, -0.15) is 0 Å². The molecular formula is C16H24O4. The summed E-state index contributed by atoms with van der Waals surface area (Å²) in [7, 11) is 0. The predicted octanol–water partition coefficient (Wildman–Crippen LogP) is 2.70. The van der Waals surface area contributed by atoms with Crippen molar-refractivity contribution in [2.45, 2.75) is 65.1 Å². The Balaban J connectivity index is 1.90. The van der Waals surface area contributed by atoms with Gasteiger partial charge >= 0.3 is 11.9 Å². The van der Waals surface area contributed by atoms with E-state index in [1.807, 2.05) is 34.6 Å². The Hall–Kier alpha value is -1.06. The minimum atomic E-state index is -0.677. The van der Waals surface area contributed by atoms with E-state index in [4.69, 9.17) is 9.47 Å². The Labute approximate surface area is 120 Å². The first-order chi connectivity index (χ1) is 9.15. The average Bonchev–Trinajstić information content (AvgIpc) is 2.94. The fourth-order valence-electron chi connectivity index (χ4n) is 4.25. The lowest BCUT2D eigenvalue weighted by molar-refractivity contribution is -0.207. The van der Waals surface area contributed by atoms with Crippen LogP contribution in [0.25, 0.3) is 0 Å². The highest BCUT2D eigenvalue weighted by atomic mass is 16.6. The second-order valence-electron chi connectivity index (χ2n) is 7.64. The van der Waals surface area contributed by atoms with Crippen molar-refractivity contribution in [1.82, 2.24) is 0 Å². The van der Waals surface area contributed by atoms with Crippen molar-refractivity contribution < 1.29 is 19.1 Å². The van der Waals surface area contributed by atoms with Crippen LogP contribution < -0.4 is 0 Å². The van der Waals surface area contributed by atoms with E-state index >= 15 is 0 Å². The molecule has 0 radical (unpaired) electrons. The Morgan fingerprint density at radius 3 is 2.65 bits per heavy atom. The predicted molar refractivity (Wildman–Crippen MR) is 72.8 cm³/mol. The van der Waals surface area contributed by atoms with Crippen LogP contribution in [0.1, 0.15) is 53.9 Å². The van der Waals surface area contributed by atoms with Crippen LogP contribution in [0.15, 0.2) is 0 Å². The van der Waals surface area contributed by atoms with Gasteiger partial charge in [0, 0.05) is 11.8 Å². The number of rotatable bonds is 3. The molecule has 0 amide bonds. The summed E-state index contributed by atoms with van der Waals surface area (Å²) in [5.41, 5.74) is -1.82. The van der Waals surface area contributed by atoms with Gasteiger partial charge < -0.3 is 9.47 Å². The molecule has 112 valence electrons. The molecule has 4 heteroatoms. The van der Waals surface area contributed by atoms with E-state index in [2.05, 4.69) is 0 Å². The van der Waals surface area contributed by atoms with E-state index in [0.29, 0.717) is 0 Å². The molecule has 1 heterocycles. The van der Waals surface area contributed by atoms with Crippen LogP contribution in [0.4, 0.5) is 0 Å². The molecule has 20 heavy (non-hydrogen) atoms. The third-order valence-corrected chi connectivity index (χ3v) is 6.39. The van der Waals surface area contributed by atoms with E-state index in [-0.39, 0.29) is 29.7 Å². The molecule has 0 aromatic heterocycles. The summed E-state index contributed by atoms with van der Waals surface area (Å²) in [6, 6.07) is 0. The summed E-state index contributed by atoms with van der Waals surface area (Å²) < 4.78 is 11.6. The molecule has 0 spiro atoms. The number of carbonyl (C=O) groups is 2. The zero-order chi connectivity index (χ0) is 14.9. The molecular weight excluding hydrogens is 256 g/mol. The summed E-state index contributed by atoms with van der Waals surface area (Å²) in [6.07, 6.45) is 2.47. The standard InChI is InChI=1S/C16H24O4/c1-6-14(2,3)13(18)20-15(4)9-7-10-11(8-9)16(15,5)19-12(10)17/h9-11H,6-8H2,1-5H3. The zero-order valence-corrected chi connectivity index (χ0v) is 13.0. The van der Waals surface area contributed by atoms with Gasteiger partial charge in [0.2, 0.25) is 0 Å². The van der Waals surface area contributed by atoms with Crippen molar-refractivity contribution in [2.24, 2.45) is 23.2 Å². The van der Waals surface area contributed by atoms with Gasteiger partial charge in [0.05, 0.1) is 11.3 Å². The van der Waals surface area contributed by atoms with E-state index in [1.54, 1.807) is 0 Å². The van der Waals surface area contributed by atoms with Crippen LogP contribution in [-0.4, -0.2) is 23.1 Å². The van der Waals surface area contributed by atoms with Gasteiger partial charge in [-0.1, -0.05) is 6.92 Å². The minimum absolute atomic E-state index is 0.0240. The number of hydrogen-bond donors (Lipinski definition) is 0. The Morgan fingerprint density at radius 2 is 2.05 bits per heavy atom. The highest BCUT2D eigenvalue weighted by molar-refractivity contribution is 5.79. The molecule has 0 aromatic carbocycles. The molecule has 5 unspecified atom stereocenters. The highest BCUT2D eigenvalue weighted by Gasteiger charge is 2.76. The molecule has 2 bridgehead atoms. The van der Waals surface area contributed by atoms with Crippen molar-refractivity contribution in [3.05, 3.63) is 0 Å². The molecule has 3 rings (SSSR count). The second-order valence-corrected chi connectivity index (χ2v) is 7.64. The van der Waals surface area contributed by atoms with E-state index in [0.717, 1.165) is 19.3 Å². The molecule has 2 aliphatic carbocycles. The summed E-state index contributed by atoms with van der Waals surface area (Å²) in [5.74, 6) is 0.189. The van der Waals surface area contributed by atoms with Gasteiger partial charge in [-0.3, -0.25) is 9.59 Å².